The van der Waals surface area contributed by atoms with Crippen LogP contribution in [0.25, 0.3) is 0 Å². The zero-order chi connectivity index (χ0) is 16.1. The molecule has 0 aromatic heterocycles. The first-order chi connectivity index (χ1) is 11.3. The highest BCUT2D eigenvalue weighted by molar-refractivity contribution is 5.56. The van der Waals surface area contributed by atoms with E-state index in [4.69, 9.17) is 28.9 Å². The van der Waals surface area contributed by atoms with Crippen LogP contribution in [0.4, 0.5) is 0 Å². The lowest BCUT2D eigenvalue weighted by Gasteiger charge is -2.21. The average Bonchev–Trinajstić information content (AvgIpc) is 2.60. The van der Waals surface area contributed by atoms with Crippen molar-refractivity contribution >= 4 is 0 Å². The van der Waals surface area contributed by atoms with Gasteiger partial charge in [-0.2, -0.15) is 5.26 Å². The largest absolute Gasteiger partial charge is 0.486 e. The van der Waals surface area contributed by atoms with Gasteiger partial charge in [-0.1, -0.05) is 0 Å². The van der Waals surface area contributed by atoms with Gasteiger partial charge in [0.05, 0.1) is 11.6 Å². The van der Waals surface area contributed by atoms with Crippen LogP contribution >= 0.6 is 0 Å². The zero-order valence-electron chi connectivity index (χ0n) is 12.6. The predicted molar refractivity (Wildman–Crippen MR) is 81.2 cm³/mol. The van der Waals surface area contributed by atoms with Gasteiger partial charge in [-0.15, -0.1) is 0 Å². The summed E-state index contributed by atoms with van der Waals surface area (Å²) in [4.78, 5) is 0. The molecular formula is C17H15NO5. The summed E-state index contributed by atoms with van der Waals surface area (Å²) in [7, 11) is 1.54. The maximum absolute atomic E-state index is 8.84. The molecule has 0 N–H and O–H groups in total. The maximum Gasteiger partial charge on any atom is 0.188 e. The SMILES string of the molecule is COCOc1cc2c(cc1Oc1ccc(C#N)cc1)OCCO2. The highest BCUT2D eigenvalue weighted by Gasteiger charge is 2.18. The van der Waals surface area contributed by atoms with E-state index in [0.717, 1.165) is 0 Å². The fourth-order valence-corrected chi connectivity index (χ4v) is 2.09. The van der Waals surface area contributed by atoms with Crippen molar-refractivity contribution in [3.05, 3.63) is 42.0 Å². The number of hydrogen-bond donors (Lipinski definition) is 0. The molecule has 6 nitrogen and oxygen atoms in total. The Kier molecular flexibility index (Phi) is 4.50. The van der Waals surface area contributed by atoms with E-state index in [1.165, 1.54) is 0 Å². The topological polar surface area (TPSA) is 69.9 Å². The second-order valence-electron chi connectivity index (χ2n) is 4.73. The molecule has 2 aromatic carbocycles. The number of ether oxygens (including phenoxy) is 5. The molecule has 23 heavy (non-hydrogen) atoms. The Hall–Kier alpha value is -2.91. The Morgan fingerprint density at radius 2 is 1.70 bits per heavy atom. The van der Waals surface area contributed by atoms with Crippen LogP contribution in [0.3, 0.4) is 0 Å². The van der Waals surface area contributed by atoms with E-state index in [0.29, 0.717) is 47.5 Å². The van der Waals surface area contributed by atoms with Gasteiger partial charge < -0.3 is 23.7 Å². The molecule has 0 bridgehead atoms. The van der Waals surface area contributed by atoms with Crippen molar-refractivity contribution in [3.8, 4) is 34.8 Å². The Morgan fingerprint density at radius 1 is 1.04 bits per heavy atom. The van der Waals surface area contributed by atoms with Gasteiger partial charge in [0, 0.05) is 19.2 Å². The molecule has 1 heterocycles. The van der Waals surface area contributed by atoms with E-state index < -0.39 is 0 Å². The van der Waals surface area contributed by atoms with E-state index in [-0.39, 0.29) is 6.79 Å². The first-order valence-corrected chi connectivity index (χ1v) is 7.03. The van der Waals surface area contributed by atoms with Gasteiger partial charge in [-0.25, -0.2) is 0 Å². The van der Waals surface area contributed by atoms with Crippen molar-refractivity contribution in [2.24, 2.45) is 0 Å². The molecule has 0 atom stereocenters. The maximum atomic E-state index is 8.84. The number of fused-ring (bicyclic) bond motifs is 1. The quantitative estimate of drug-likeness (QED) is 0.790. The fourth-order valence-electron chi connectivity index (χ4n) is 2.09. The summed E-state index contributed by atoms with van der Waals surface area (Å²) in [5.41, 5.74) is 0.565. The summed E-state index contributed by atoms with van der Waals surface area (Å²) in [6.07, 6.45) is 0. The molecule has 0 fully saturated rings. The highest BCUT2D eigenvalue weighted by Crippen LogP contribution is 2.42. The van der Waals surface area contributed by atoms with E-state index >= 15 is 0 Å². The third kappa shape index (κ3) is 3.47. The Labute approximate surface area is 133 Å². The van der Waals surface area contributed by atoms with Crippen LogP contribution < -0.4 is 18.9 Å². The Balaban J connectivity index is 1.90. The van der Waals surface area contributed by atoms with Crippen LogP contribution in [0.2, 0.25) is 0 Å². The number of rotatable bonds is 5. The standard InChI is InChI=1S/C17H15NO5/c1-19-11-22-16-8-14-15(21-7-6-20-14)9-17(16)23-13-4-2-12(10-18)3-5-13/h2-5,8-9H,6-7,11H2,1H3. The van der Waals surface area contributed by atoms with Crippen molar-refractivity contribution < 1.29 is 23.7 Å². The van der Waals surface area contributed by atoms with Crippen molar-refractivity contribution in [2.75, 3.05) is 27.1 Å². The molecule has 0 radical (unpaired) electrons. The van der Waals surface area contributed by atoms with E-state index in [1.54, 1.807) is 43.5 Å². The van der Waals surface area contributed by atoms with Gasteiger partial charge in [0.15, 0.2) is 29.8 Å². The van der Waals surface area contributed by atoms with Crippen LogP contribution in [-0.4, -0.2) is 27.1 Å². The summed E-state index contributed by atoms with van der Waals surface area (Å²) in [6, 6.07) is 12.3. The first-order valence-electron chi connectivity index (χ1n) is 7.03. The number of nitrogens with zero attached hydrogens (tertiary/aromatic N) is 1. The zero-order valence-corrected chi connectivity index (χ0v) is 12.6. The third-order valence-corrected chi connectivity index (χ3v) is 3.15. The van der Waals surface area contributed by atoms with E-state index in [2.05, 4.69) is 6.07 Å². The monoisotopic (exact) mass is 313 g/mol. The molecule has 0 saturated heterocycles. The molecule has 6 heteroatoms. The number of hydrogen-bond acceptors (Lipinski definition) is 6. The average molecular weight is 313 g/mol. The molecule has 118 valence electrons. The molecule has 0 unspecified atom stereocenters. The van der Waals surface area contributed by atoms with Gasteiger partial charge >= 0.3 is 0 Å². The second kappa shape index (κ2) is 6.90. The summed E-state index contributed by atoms with van der Waals surface area (Å²) < 4.78 is 27.4. The normalized spacial score (nSPS) is 12.3. The van der Waals surface area contributed by atoms with E-state index in [9.17, 15) is 0 Å². The predicted octanol–water partition coefficient (Wildman–Crippen LogP) is 3.10. The minimum absolute atomic E-state index is 0.0867. The number of nitriles is 1. The lowest BCUT2D eigenvalue weighted by Crippen LogP contribution is -2.15. The molecular weight excluding hydrogens is 298 g/mol. The molecule has 2 aromatic rings. The summed E-state index contributed by atoms with van der Waals surface area (Å²) in [5, 5.41) is 8.84. The van der Waals surface area contributed by atoms with Gasteiger partial charge in [0.2, 0.25) is 0 Å². The molecule has 0 amide bonds. The lowest BCUT2D eigenvalue weighted by molar-refractivity contribution is 0.0489. The van der Waals surface area contributed by atoms with E-state index in [1.807, 2.05) is 0 Å². The third-order valence-electron chi connectivity index (χ3n) is 3.15. The van der Waals surface area contributed by atoms with Gasteiger partial charge in [-0.05, 0) is 24.3 Å². The first kappa shape index (κ1) is 15.0. The molecule has 1 aliphatic heterocycles. The van der Waals surface area contributed by atoms with Crippen LogP contribution in [0.5, 0.6) is 28.7 Å². The smallest absolute Gasteiger partial charge is 0.188 e. The molecule has 3 rings (SSSR count). The number of methoxy groups -OCH3 is 1. The Morgan fingerprint density at radius 3 is 2.30 bits per heavy atom. The minimum atomic E-state index is 0.0867. The van der Waals surface area contributed by atoms with Crippen LogP contribution in [0, 0.1) is 11.3 Å². The van der Waals surface area contributed by atoms with Crippen molar-refractivity contribution in [3.63, 3.8) is 0 Å². The van der Waals surface area contributed by atoms with Crippen LogP contribution in [0.15, 0.2) is 36.4 Å². The van der Waals surface area contributed by atoms with Gasteiger partial charge in [0.25, 0.3) is 0 Å². The van der Waals surface area contributed by atoms with Crippen LogP contribution in [-0.2, 0) is 4.74 Å². The molecule has 1 aliphatic rings. The van der Waals surface area contributed by atoms with Gasteiger partial charge in [-0.3, -0.25) is 0 Å². The summed E-state index contributed by atoms with van der Waals surface area (Å²) in [6.45, 7) is 1.07. The van der Waals surface area contributed by atoms with Crippen LogP contribution in [0.1, 0.15) is 5.56 Å². The lowest BCUT2D eigenvalue weighted by atomic mass is 10.2. The minimum Gasteiger partial charge on any atom is -0.486 e. The molecule has 0 spiro atoms. The highest BCUT2D eigenvalue weighted by atomic mass is 16.7. The second-order valence-corrected chi connectivity index (χ2v) is 4.73. The van der Waals surface area contributed by atoms with Crippen molar-refractivity contribution in [2.45, 2.75) is 0 Å². The van der Waals surface area contributed by atoms with Gasteiger partial charge in [0.1, 0.15) is 19.0 Å². The fraction of sp³-hybridized carbons (Fsp3) is 0.235. The molecule has 0 aliphatic carbocycles. The molecule has 0 saturated carbocycles. The van der Waals surface area contributed by atoms with Crippen molar-refractivity contribution in [1.82, 2.24) is 0 Å². The van der Waals surface area contributed by atoms with Crippen molar-refractivity contribution in [1.29, 1.82) is 5.26 Å². The number of benzene rings is 2. The summed E-state index contributed by atoms with van der Waals surface area (Å²) in [5.74, 6) is 2.76. The Bertz CT molecular complexity index is 721. The summed E-state index contributed by atoms with van der Waals surface area (Å²) >= 11 is 0.